The smallest absolute Gasteiger partial charge is 0.156 e. The van der Waals surface area contributed by atoms with Gasteiger partial charge in [0.25, 0.3) is 0 Å². The van der Waals surface area contributed by atoms with Gasteiger partial charge in [-0.25, -0.2) is 0 Å². The molecule has 1 rings (SSSR count). The number of hydrogen-bond acceptors (Lipinski definition) is 5. The van der Waals surface area contributed by atoms with Crippen LogP contribution in [-0.2, 0) is 9.57 Å². The van der Waals surface area contributed by atoms with Crippen molar-refractivity contribution in [3.8, 4) is 11.5 Å². The summed E-state index contributed by atoms with van der Waals surface area (Å²) in [5.41, 5.74) is -0.278. The Kier molecular flexibility index (Phi) is 13.6. The summed E-state index contributed by atoms with van der Waals surface area (Å²) in [6.07, 6.45) is 7.09. The zero-order valence-electron chi connectivity index (χ0n) is 17.6. The molecular weight excluding hydrogens is 472 g/mol. The highest BCUT2D eigenvalue weighted by atomic mass is 35.5. The molecule has 0 N–H and O–H groups in total. The van der Waals surface area contributed by atoms with E-state index in [0.29, 0.717) is 41.4 Å². The first-order valence-electron chi connectivity index (χ1n) is 9.72. The fourth-order valence-electron chi connectivity index (χ4n) is 2.15. The predicted molar refractivity (Wildman–Crippen MR) is 126 cm³/mol. The van der Waals surface area contributed by atoms with E-state index >= 15 is 0 Å². The van der Waals surface area contributed by atoms with Crippen molar-refractivity contribution in [1.82, 2.24) is 0 Å². The Bertz CT molecular complexity index is 663. The average Bonchev–Trinajstić information content (AvgIpc) is 2.63. The molecule has 30 heavy (non-hydrogen) atoms. The van der Waals surface area contributed by atoms with E-state index in [1.807, 2.05) is 20.8 Å². The van der Waals surface area contributed by atoms with E-state index in [4.69, 9.17) is 65.5 Å². The van der Waals surface area contributed by atoms with Gasteiger partial charge >= 0.3 is 0 Å². The minimum Gasteiger partial charge on any atom is -0.490 e. The second-order valence-corrected chi connectivity index (χ2v) is 9.17. The monoisotopic (exact) mass is 499 g/mol. The number of benzene rings is 1. The zero-order valence-corrected chi connectivity index (χ0v) is 20.6. The van der Waals surface area contributed by atoms with E-state index in [-0.39, 0.29) is 16.7 Å². The standard InChI is InChI=1S/C21H29Cl4NO4/c1-21(2,3)30-26-9-13-27-10-6-4-5-7-11-29-20-17(22)14-16(15-18(20)23)28-12-8-19(24)25/h8-9,14-15H,4-7,10-13H2,1-3H3/b26-9+. The Morgan fingerprint density at radius 1 is 0.933 bits per heavy atom. The van der Waals surface area contributed by atoms with Crippen LogP contribution in [0.1, 0.15) is 46.5 Å². The first kappa shape index (κ1) is 27.2. The van der Waals surface area contributed by atoms with Gasteiger partial charge in [-0.15, -0.1) is 0 Å². The molecule has 0 saturated heterocycles. The van der Waals surface area contributed by atoms with Gasteiger partial charge in [0.15, 0.2) is 5.75 Å². The SMILES string of the molecule is CC(C)(C)O/N=C/COCCCCCCOc1c(Cl)cc(OCC=C(Cl)Cl)cc1Cl. The van der Waals surface area contributed by atoms with Crippen LogP contribution in [0, 0.1) is 0 Å². The van der Waals surface area contributed by atoms with E-state index < -0.39 is 0 Å². The van der Waals surface area contributed by atoms with Crippen LogP contribution in [-0.4, -0.2) is 38.2 Å². The lowest BCUT2D eigenvalue weighted by molar-refractivity contribution is 0.000668. The first-order valence-corrected chi connectivity index (χ1v) is 11.2. The fourth-order valence-corrected chi connectivity index (χ4v) is 2.86. The number of nitrogens with zero attached hydrogens (tertiary/aromatic N) is 1. The highest BCUT2D eigenvalue weighted by molar-refractivity contribution is 6.55. The Labute approximate surface area is 199 Å². The molecule has 0 aromatic heterocycles. The van der Waals surface area contributed by atoms with Crippen LogP contribution in [0.4, 0.5) is 0 Å². The summed E-state index contributed by atoms with van der Waals surface area (Å²) in [7, 11) is 0. The van der Waals surface area contributed by atoms with Gasteiger partial charge in [0.1, 0.15) is 22.4 Å². The quantitative estimate of drug-likeness (QED) is 0.151. The van der Waals surface area contributed by atoms with Crippen LogP contribution in [0.25, 0.3) is 0 Å². The molecule has 0 bridgehead atoms. The van der Waals surface area contributed by atoms with Gasteiger partial charge in [-0.05, 0) is 46.1 Å². The molecule has 0 radical (unpaired) electrons. The van der Waals surface area contributed by atoms with E-state index in [2.05, 4.69) is 5.16 Å². The first-order chi connectivity index (χ1) is 14.2. The van der Waals surface area contributed by atoms with E-state index in [1.54, 1.807) is 18.3 Å². The van der Waals surface area contributed by atoms with Crippen molar-refractivity contribution < 1.29 is 19.0 Å². The maximum Gasteiger partial charge on any atom is 0.156 e. The van der Waals surface area contributed by atoms with Gasteiger partial charge in [-0.1, -0.05) is 58.0 Å². The lowest BCUT2D eigenvalue weighted by Gasteiger charge is -2.14. The van der Waals surface area contributed by atoms with Crippen molar-refractivity contribution in [3.63, 3.8) is 0 Å². The topological polar surface area (TPSA) is 49.3 Å². The second-order valence-electron chi connectivity index (χ2n) is 7.35. The minimum absolute atomic E-state index is 0.137. The molecule has 5 nitrogen and oxygen atoms in total. The average molecular weight is 501 g/mol. The molecule has 0 heterocycles. The number of rotatable bonds is 14. The third-order valence-corrected chi connectivity index (χ3v) is 4.35. The predicted octanol–water partition coefficient (Wildman–Crippen LogP) is 7.45. The fraction of sp³-hybridized carbons (Fsp3) is 0.571. The van der Waals surface area contributed by atoms with Crippen molar-refractivity contribution >= 4 is 52.6 Å². The number of halogens is 4. The van der Waals surface area contributed by atoms with Crippen LogP contribution < -0.4 is 9.47 Å². The summed E-state index contributed by atoms with van der Waals surface area (Å²) >= 11 is 23.6. The van der Waals surface area contributed by atoms with Gasteiger partial charge in [-0.2, -0.15) is 0 Å². The summed E-state index contributed by atoms with van der Waals surface area (Å²) in [4.78, 5) is 5.22. The highest BCUT2D eigenvalue weighted by Crippen LogP contribution is 2.37. The van der Waals surface area contributed by atoms with Crippen LogP contribution in [0.15, 0.2) is 27.9 Å². The van der Waals surface area contributed by atoms with Crippen molar-refractivity contribution in [1.29, 1.82) is 0 Å². The Hall–Kier alpha value is -0.850. The summed E-state index contributed by atoms with van der Waals surface area (Å²) in [5, 5.41) is 4.65. The van der Waals surface area contributed by atoms with Crippen LogP contribution >= 0.6 is 46.4 Å². The van der Waals surface area contributed by atoms with Crippen LogP contribution in [0.3, 0.4) is 0 Å². The third kappa shape index (κ3) is 13.5. The summed E-state index contributed by atoms with van der Waals surface area (Å²) < 4.78 is 16.8. The molecule has 0 amide bonds. The van der Waals surface area contributed by atoms with Crippen molar-refractivity contribution in [2.45, 2.75) is 52.1 Å². The minimum atomic E-state index is -0.278. The molecule has 1 aromatic carbocycles. The van der Waals surface area contributed by atoms with Crippen molar-refractivity contribution in [2.75, 3.05) is 26.4 Å². The summed E-state index contributed by atoms with van der Waals surface area (Å²) in [6, 6.07) is 3.29. The normalized spacial score (nSPS) is 11.6. The summed E-state index contributed by atoms with van der Waals surface area (Å²) in [5.74, 6) is 0.967. The molecular formula is C21H29Cl4NO4. The molecule has 0 aliphatic heterocycles. The van der Waals surface area contributed by atoms with Gasteiger partial charge in [-0.3, -0.25) is 0 Å². The molecule has 0 unspecified atom stereocenters. The molecule has 9 heteroatoms. The molecule has 1 aromatic rings. The molecule has 0 fully saturated rings. The van der Waals surface area contributed by atoms with Gasteiger partial charge in [0, 0.05) is 18.7 Å². The van der Waals surface area contributed by atoms with Crippen LogP contribution in [0.5, 0.6) is 11.5 Å². The molecule has 0 aliphatic carbocycles. The lowest BCUT2D eigenvalue weighted by Crippen LogP contribution is -2.15. The van der Waals surface area contributed by atoms with E-state index in [0.717, 1.165) is 25.7 Å². The largest absolute Gasteiger partial charge is 0.490 e. The number of oxime groups is 1. The summed E-state index contributed by atoms with van der Waals surface area (Å²) in [6.45, 7) is 7.72. The highest BCUT2D eigenvalue weighted by Gasteiger charge is 2.11. The second kappa shape index (κ2) is 15.0. The van der Waals surface area contributed by atoms with Crippen molar-refractivity contribution in [2.24, 2.45) is 5.16 Å². The maximum absolute atomic E-state index is 6.24. The van der Waals surface area contributed by atoms with E-state index in [1.165, 1.54) is 6.08 Å². The lowest BCUT2D eigenvalue weighted by atomic mass is 10.2. The molecule has 0 aliphatic rings. The maximum atomic E-state index is 6.24. The van der Waals surface area contributed by atoms with Crippen LogP contribution in [0.2, 0.25) is 10.0 Å². The van der Waals surface area contributed by atoms with E-state index in [9.17, 15) is 0 Å². The van der Waals surface area contributed by atoms with Gasteiger partial charge in [0.2, 0.25) is 0 Å². The molecule has 170 valence electrons. The molecule has 0 spiro atoms. The number of unbranched alkanes of at least 4 members (excludes halogenated alkanes) is 3. The van der Waals surface area contributed by atoms with Gasteiger partial charge in [0.05, 0.1) is 29.5 Å². The number of hydrogen-bond donors (Lipinski definition) is 0. The van der Waals surface area contributed by atoms with Crippen molar-refractivity contribution in [3.05, 3.63) is 32.7 Å². The van der Waals surface area contributed by atoms with Gasteiger partial charge < -0.3 is 19.0 Å². The Morgan fingerprint density at radius 2 is 1.57 bits per heavy atom. The molecule has 0 atom stereocenters. The number of ether oxygens (including phenoxy) is 3. The Balaban J connectivity index is 2.16. The molecule has 0 saturated carbocycles. The third-order valence-electron chi connectivity index (χ3n) is 3.48. The Morgan fingerprint density at radius 3 is 2.17 bits per heavy atom. The zero-order chi connectivity index (χ0) is 22.4.